The number of nitriles is 1. The Bertz CT molecular complexity index is 991. The van der Waals surface area contributed by atoms with Crippen LogP contribution in [0.5, 0.6) is 0 Å². The van der Waals surface area contributed by atoms with Crippen molar-refractivity contribution in [2.45, 2.75) is 11.3 Å². The Morgan fingerprint density at radius 3 is 2.53 bits per heavy atom. The molecule has 0 spiro atoms. The van der Waals surface area contributed by atoms with Crippen molar-refractivity contribution in [2.24, 2.45) is 4.99 Å². The van der Waals surface area contributed by atoms with Gasteiger partial charge in [-0.05, 0) is 36.2 Å². The Hall–Kier alpha value is -3.38. The highest BCUT2D eigenvalue weighted by molar-refractivity contribution is 7.89. The third-order valence-electron chi connectivity index (χ3n) is 4.14. The van der Waals surface area contributed by atoms with E-state index in [2.05, 4.69) is 25.3 Å². The quantitative estimate of drug-likeness (QED) is 0.111. The number of nitrogens with one attached hydrogen (secondary N) is 3. The zero-order valence-electron chi connectivity index (χ0n) is 16.3. The van der Waals surface area contributed by atoms with Gasteiger partial charge in [0.15, 0.2) is 6.19 Å². The molecular weight excluding hydrogens is 396 g/mol. The average molecular weight is 420 g/mol. The molecule has 152 valence electrons. The first-order valence-corrected chi connectivity index (χ1v) is 10.6. The number of benzene rings is 2. The molecule has 0 fully saturated rings. The highest BCUT2D eigenvalue weighted by atomic mass is 32.2. The molecule has 0 aliphatic carbocycles. The van der Waals surface area contributed by atoms with Crippen LogP contribution in [0, 0.1) is 11.5 Å². The molecule has 1 atom stereocenters. The fourth-order valence-corrected chi connectivity index (χ4v) is 3.84. The van der Waals surface area contributed by atoms with Gasteiger partial charge < -0.3 is 5.32 Å². The van der Waals surface area contributed by atoms with E-state index in [1.165, 1.54) is 0 Å². The van der Waals surface area contributed by atoms with Gasteiger partial charge in [-0.25, -0.2) is 0 Å². The molecule has 3 aromatic rings. The highest BCUT2D eigenvalue weighted by Gasteiger charge is 2.24. The number of pyridine rings is 1. The van der Waals surface area contributed by atoms with Gasteiger partial charge in [-0.2, -0.15) is 9.81 Å². The van der Waals surface area contributed by atoms with E-state index in [4.69, 9.17) is 5.26 Å². The molecule has 0 aliphatic heterocycles. The molecule has 1 heterocycles. The highest BCUT2D eigenvalue weighted by Crippen LogP contribution is 2.26. The van der Waals surface area contributed by atoms with Gasteiger partial charge in [-0.1, -0.05) is 42.5 Å². The van der Waals surface area contributed by atoms with Gasteiger partial charge in [-0.15, -0.1) is 4.72 Å². The zero-order valence-corrected chi connectivity index (χ0v) is 17.1. The summed E-state index contributed by atoms with van der Waals surface area (Å²) in [5.74, 6) is 0.376. The van der Waals surface area contributed by atoms with Gasteiger partial charge in [0.1, 0.15) is 0 Å². The molecule has 0 radical (unpaired) electrons. The summed E-state index contributed by atoms with van der Waals surface area (Å²) in [4.78, 5) is 9.19. The second-order valence-electron chi connectivity index (χ2n) is 6.22. The first kappa shape index (κ1) is 21.3. The van der Waals surface area contributed by atoms with Crippen LogP contribution in [0.2, 0.25) is 0 Å². The molecule has 1 aromatic heterocycles. The van der Waals surface area contributed by atoms with Crippen molar-refractivity contribution in [3.05, 3.63) is 79.1 Å². The lowest BCUT2D eigenvalue weighted by Crippen LogP contribution is -2.28. The zero-order chi connectivity index (χ0) is 21.0. The first-order valence-electron chi connectivity index (χ1n) is 9.46. The molecule has 2 aromatic carbocycles. The summed E-state index contributed by atoms with van der Waals surface area (Å²) < 4.78 is 13.8. The predicted molar refractivity (Wildman–Crippen MR) is 122 cm³/mol. The van der Waals surface area contributed by atoms with E-state index in [9.17, 15) is 4.55 Å². The van der Waals surface area contributed by atoms with Crippen molar-refractivity contribution < 1.29 is 4.55 Å². The van der Waals surface area contributed by atoms with E-state index in [1.54, 1.807) is 24.5 Å². The van der Waals surface area contributed by atoms with Gasteiger partial charge >= 0.3 is 0 Å². The molecule has 1 unspecified atom stereocenters. The van der Waals surface area contributed by atoms with Crippen LogP contribution >= 0.6 is 0 Å². The fraction of sp³-hybridized carbons (Fsp3) is 0.136. The van der Waals surface area contributed by atoms with Gasteiger partial charge in [0.25, 0.3) is 11.4 Å². The average Bonchev–Trinajstić information content (AvgIpc) is 2.80. The van der Waals surface area contributed by atoms with E-state index in [0.29, 0.717) is 25.5 Å². The first-order chi connectivity index (χ1) is 14.8. The van der Waals surface area contributed by atoms with E-state index < -0.39 is 11.4 Å². The van der Waals surface area contributed by atoms with Gasteiger partial charge in [-0.3, -0.25) is 15.3 Å². The van der Waals surface area contributed by atoms with Crippen LogP contribution in [0.1, 0.15) is 6.42 Å². The molecule has 0 aliphatic rings. The van der Waals surface area contributed by atoms with Crippen LogP contribution in [-0.4, -0.2) is 28.6 Å². The lowest BCUT2D eigenvalue weighted by atomic mass is 10.1. The molecule has 7 nitrogen and oxygen atoms in total. The Kier molecular flexibility index (Phi) is 8.23. The van der Waals surface area contributed by atoms with Gasteiger partial charge in [0.05, 0.1) is 0 Å². The lowest BCUT2D eigenvalue weighted by Gasteiger charge is -2.08. The van der Waals surface area contributed by atoms with Crippen molar-refractivity contribution in [2.75, 3.05) is 18.4 Å². The van der Waals surface area contributed by atoms with E-state index in [1.807, 2.05) is 60.8 Å². The molecule has 0 amide bonds. The number of hydrogen-bond donors (Lipinski definition) is 4. The number of nitrogens with zero attached hydrogens (tertiary/aromatic N) is 3. The number of hydrogen-bond acceptors (Lipinski definition) is 5. The largest absolute Gasteiger partial charge is 0.325 e. The molecule has 0 saturated carbocycles. The summed E-state index contributed by atoms with van der Waals surface area (Å²) in [6.45, 7) is 1.08. The second kappa shape index (κ2) is 11.6. The van der Waals surface area contributed by atoms with Crippen molar-refractivity contribution in [3.8, 4) is 17.3 Å². The topological polar surface area (TPSA) is 105 Å². The van der Waals surface area contributed by atoms with Crippen LogP contribution in [0.15, 0.2) is 89.0 Å². The number of aliphatic imine (C=N–C) groups is 1. The fourth-order valence-electron chi connectivity index (χ4n) is 2.74. The maximum absolute atomic E-state index is 10.7. The minimum Gasteiger partial charge on any atom is -0.325 e. The Morgan fingerprint density at radius 2 is 1.77 bits per heavy atom. The van der Waals surface area contributed by atoms with Gasteiger partial charge in [0.2, 0.25) is 10.9 Å². The van der Waals surface area contributed by atoms with Crippen LogP contribution < -0.4 is 15.4 Å². The molecule has 3 rings (SSSR count). The maximum Gasteiger partial charge on any atom is 0.276 e. The molecule has 4 N–H and O–H groups in total. The summed E-state index contributed by atoms with van der Waals surface area (Å²) >= 11 is -1.08. The van der Waals surface area contributed by atoms with E-state index >= 15 is 0 Å². The summed E-state index contributed by atoms with van der Waals surface area (Å²) in [5, 5.41) is 14.5. The lowest BCUT2D eigenvalue weighted by molar-refractivity contribution is 0.618. The normalized spacial score (nSPS) is 12.1. The number of rotatable bonds is 8. The number of guanidine groups is 1. The van der Waals surface area contributed by atoms with Crippen LogP contribution in [0.25, 0.3) is 11.1 Å². The van der Waals surface area contributed by atoms with Crippen molar-refractivity contribution in [1.82, 2.24) is 15.0 Å². The van der Waals surface area contributed by atoms with E-state index in [0.717, 1.165) is 21.7 Å². The SMILES string of the molecule is N#CNC(=NCCCN[S+](O)c1ccccc1-c1ccccc1)Nc1ccncc1. The Balaban J connectivity index is 1.53. The standard InChI is InChI=1S/C22H23N6OS/c23-17-26-22(28-19-11-15-24-16-12-19)25-13-6-14-27-30(29)21-10-5-4-9-20(21)18-7-2-1-3-8-18/h1-5,7-12,15-16,27,29H,6,13-14H2,(H2,24,25,26,28)/q+1. The smallest absolute Gasteiger partial charge is 0.276 e. The molecule has 0 saturated heterocycles. The van der Waals surface area contributed by atoms with Gasteiger partial charge in [0, 0.05) is 36.7 Å². The summed E-state index contributed by atoms with van der Waals surface area (Å²) in [6.07, 6.45) is 5.90. The van der Waals surface area contributed by atoms with Crippen molar-refractivity contribution in [1.29, 1.82) is 5.26 Å². The monoisotopic (exact) mass is 419 g/mol. The Morgan fingerprint density at radius 1 is 1.03 bits per heavy atom. The van der Waals surface area contributed by atoms with Crippen LogP contribution in [0.4, 0.5) is 5.69 Å². The third kappa shape index (κ3) is 6.32. The predicted octanol–water partition coefficient (Wildman–Crippen LogP) is 3.63. The second-order valence-corrected chi connectivity index (χ2v) is 7.52. The van der Waals surface area contributed by atoms with Crippen LogP contribution in [-0.2, 0) is 11.4 Å². The summed E-state index contributed by atoms with van der Waals surface area (Å²) in [7, 11) is 0. The van der Waals surface area contributed by atoms with Crippen LogP contribution in [0.3, 0.4) is 0 Å². The number of anilines is 1. The number of aromatic nitrogens is 1. The third-order valence-corrected chi connectivity index (χ3v) is 5.39. The molecule has 30 heavy (non-hydrogen) atoms. The molecule has 0 bridgehead atoms. The van der Waals surface area contributed by atoms with Crippen molar-refractivity contribution in [3.63, 3.8) is 0 Å². The maximum atomic E-state index is 10.7. The molecule has 8 heteroatoms. The molecular formula is C22H23N6OS+. The minimum absolute atomic E-state index is 0.376. The summed E-state index contributed by atoms with van der Waals surface area (Å²) in [6, 6.07) is 21.4. The minimum atomic E-state index is -1.08. The summed E-state index contributed by atoms with van der Waals surface area (Å²) in [5.41, 5.74) is 2.87. The van der Waals surface area contributed by atoms with Crippen molar-refractivity contribution >= 4 is 23.0 Å². The van der Waals surface area contributed by atoms with E-state index in [-0.39, 0.29) is 0 Å². The Labute approximate surface area is 179 Å².